The predicted octanol–water partition coefficient (Wildman–Crippen LogP) is 2.07. The normalized spacial score (nSPS) is 24.2. The summed E-state index contributed by atoms with van der Waals surface area (Å²) < 4.78 is 0. The first-order valence-corrected chi connectivity index (χ1v) is 7.90. The molecule has 1 rings (SSSR count). The maximum absolute atomic E-state index is 11.8. The molecular weight excluding hydrogens is 264 g/mol. The van der Waals surface area contributed by atoms with Crippen LogP contribution in [0.4, 0.5) is 4.79 Å². The summed E-state index contributed by atoms with van der Waals surface area (Å²) in [6, 6.07) is -1.03. The molecule has 0 radical (unpaired) electrons. The van der Waals surface area contributed by atoms with Gasteiger partial charge >= 0.3 is 12.0 Å². The number of urea groups is 1. The minimum absolute atomic E-state index is 0.129. The third kappa shape index (κ3) is 5.30. The molecule has 5 nitrogen and oxygen atoms in total. The largest absolute Gasteiger partial charge is 0.480 e. The molecule has 0 aromatic heterocycles. The third-order valence-corrected chi connectivity index (χ3v) is 4.57. The number of carbonyl (C=O) groups excluding carboxylic acids is 1. The number of carbonyl (C=O) groups is 2. The molecule has 0 bridgehead atoms. The Labute approximate surface area is 118 Å². The fraction of sp³-hybridized carbons (Fsp3) is 0.846. The van der Waals surface area contributed by atoms with Crippen LogP contribution in [0.1, 0.15) is 40.0 Å². The zero-order valence-electron chi connectivity index (χ0n) is 11.8. The molecule has 1 fully saturated rings. The van der Waals surface area contributed by atoms with Crippen LogP contribution in [0.15, 0.2) is 0 Å². The number of hydrogen-bond acceptors (Lipinski definition) is 3. The molecule has 110 valence electrons. The fourth-order valence-electron chi connectivity index (χ4n) is 2.34. The number of amides is 2. The Kier molecular flexibility index (Phi) is 6.48. The molecule has 1 saturated carbocycles. The number of aliphatic carboxylic acids is 1. The molecule has 1 aliphatic rings. The van der Waals surface area contributed by atoms with E-state index in [1.165, 1.54) is 0 Å². The Balaban J connectivity index is 2.37. The van der Waals surface area contributed by atoms with E-state index in [1.807, 2.05) is 11.8 Å². The van der Waals surface area contributed by atoms with Gasteiger partial charge in [0.2, 0.25) is 0 Å². The van der Waals surface area contributed by atoms with Gasteiger partial charge in [0, 0.05) is 11.3 Å². The van der Waals surface area contributed by atoms with Gasteiger partial charge in [0.25, 0.3) is 0 Å². The van der Waals surface area contributed by atoms with Crippen LogP contribution in [0.5, 0.6) is 0 Å². The lowest BCUT2D eigenvalue weighted by molar-refractivity contribution is -0.140. The second-order valence-electron chi connectivity index (χ2n) is 5.27. The molecule has 0 aromatic carbocycles. The van der Waals surface area contributed by atoms with Gasteiger partial charge < -0.3 is 15.7 Å². The van der Waals surface area contributed by atoms with Crippen molar-refractivity contribution in [2.45, 2.75) is 57.4 Å². The van der Waals surface area contributed by atoms with Gasteiger partial charge in [-0.25, -0.2) is 9.59 Å². The van der Waals surface area contributed by atoms with Crippen LogP contribution in [0.3, 0.4) is 0 Å². The maximum atomic E-state index is 11.8. The summed E-state index contributed by atoms with van der Waals surface area (Å²) in [5.74, 6) is -0.0240. The number of thioether (sulfide) groups is 1. The smallest absolute Gasteiger partial charge is 0.326 e. The van der Waals surface area contributed by atoms with Gasteiger partial charge in [-0.15, -0.1) is 0 Å². The van der Waals surface area contributed by atoms with E-state index in [4.69, 9.17) is 5.11 Å². The number of nitrogens with one attached hydrogen (secondary N) is 2. The Morgan fingerprint density at radius 2 is 2.05 bits per heavy atom. The average Bonchev–Trinajstić information content (AvgIpc) is 2.73. The number of hydrogen-bond donors (Lipinski definition) is 3. The summed E-state index contributed by atoms with van der Waals surface area (Å²) in [5, 5.41) is 15.1. The van der Waals surface area contributed by atoms with Crippen LogP contribution in [-0.4, -0.2) is 40.2 Å². The third-order valence-electron chi connectivity index (χ3n) is 3.34. The number of rotatable bonds is 6. The van der Waals surface area contributed by atoms with Crippen molar-refractivity contribution >= 4 is 23.8 Å². The van der Waals surface area contributed by atoms with Crippen molar-refractivity contribution in [1.29, 1.82) is 0 Å². The first-order chi connectivity index (χ1) is 8.93. The van der Waals surface area contributed by atoms with Crippen LogP contribution >= 0.6 is 11.8 Å². The molecule has 0 spiro atoms. The average molecular weight is 288 g/mol. The van der Waals surface area contributed by atoms with E-state index >= 15 is 0 Å². The predicted molar refractivity (Wildman–Crippen MR) is 77.5 cm³/mol. The van der Waals surface area contributed by atoms with Crippen LogP contribution in [-0.2, 0) is 4.79 Å². The zero-order valence-corrected chi connectivity index (χ0v) is 12.6. The van der Waals surface area contributed by atoms with Crippen molar-refractivity contribution in [1.82, 2.24) is 10.6 Å². The molecule has 3 atom stereocenters. The second kappa shape index (κ2) is 7.62. The van der Waals surface area contributed by atoms with E-state index in [2.05, 4.69) is 17.6 Å². The van der Waals surface area contributed by atoms with Crippen LogP contribution in [0.2, 0.25) is 0 Å². The van der Waals surface area contributed by atoms with Gasteiger partial charge in [0.05, 0.1) is 0 Å². The molecule has 0 aromatic rings. The van der Waals surface area contributed by atoms with E-state index in [-0.39, 0.29) is 18.0 Å². The van der Waals surface area contributed by atoms with Crippen molar-refractivity contribution in [3.8, 4) is 0 Å². The quantitative estimate of drug-likeness (QED) is 0.699. The van der Waals surface area contributed by atoms with E-state index in [1.54, 1.807) is 13.8 Å². The lowest BCUT2D eigenvalue weighted by Gasteiger charge is -2.20. The maximum Gasteiger partial charge on any atom is 0.326 e. The molecule has 3 N–H and O–H groups in total. The molecule has 0 heterocycles. The van der Waals surface area contributed by atoms with Crippen molar-refractivity contribution in [3.63, 3.8) is 0 Å². The monoisotopic (exact) mass is 288 g/mol. The van der Waals surface area contributed by atoms with Gasteiger partial charge in [0.15, 0.2) is 0 Å². The molecule has 2 amide bonds. The molecule has 3 unspecified atom stereocenters. The minimum atomic E-state index is -0.990. The summed E-state index contributed by atoms with van der Waals surface area (Å²) in [6.07, 6.45) is 3.08. The second-order valence-corrected chi connectivity index (χ2v) is 6.84. The van der Waals surface area contributed by atoms with E-state index < -0.39 is 12.0 Å². The highest BCUT2D eigenvalue weighted by atomic mass is 32.2. The highest BCUT2D eigenvalue weighted by molar-refractivity contribution is 7.99. The van der Waals surface area contributed by atoms with Crippen LogP contribution in [0, 0.1) is 5.92 Å². The summed E-state index contributed by atoms with van der Waals surface area (Å²) >= 11 is 1.93. The zero-order chi connectivity index (χ0) is 14.4. The molecule has 0 saturated heterocycles. The van der Waals surface area contributed by atoms with Crippen molar-refractivity contribution in [3.05, 3.63) is 0 Å². The highest BCUT2D eigenvalue weighted by Gasteiger charge is 2.28. The van der Waals surface area contributed by atoms with E-state index in [0.717, 1.165) is 25.0 Å². The first-order valence-electron chi connectivity index (χ1n) is 6.85. The molecule has 1 aliphatic carbocycles. The van der Waals surface area contributed by atoms with Gasteiger partial charge in [-0.05, 0) is 30.9 Å². The summed E-state index contributed by atoms with van der Waals surface area (Å²) in [5.41, 5.74) is 0. The summed E-state index contributed by atoms with van der Waals surface area (Å²) in [7, 11) is 0. The SMILES string of the molecule is CCSC1CCC(NC(=O)NC(C(=O)O)C(C)C)C1. The number of carboxylic acids is 1. The van der Waals surface area contributed by atoms with Gasteiger partial charge in [-0.3, -0.25) is 0 Å². The van der Waals surface area contributed by atoms with E-state index in [0.29, 0.717) is 5.25 Å². The lowest BCUT2D eigenvalue weighted by atomic mass is 10.1. The Bertz CT molecular complexity index is 323. The van der Waals surface area contributed by atoms with Crippen LogP contribution in [0.25, 0.3) is 0 Å². The minimum Gasteiger partial charge on any atom is -0.480 e. The summed E-state index contributed by atoms with van der Waals surface area (Å²) in [4.78, 5) is 22.8. The Morgan fingerprint density at radius 3 is 2.58 bits per heavy atom. The Hall–Kier alpha value is -0.910. The fourth-order valence-corrected chi connectivity index (χ4v) is 3.48. The standard InChI is InChI=1S/C13H24N2O3S/c1-4-19-10-6-5-9(7-10)14-13(18)15-11(8(2)3)12(16)17/h8-11H,4-7H2,1-3H3,(H,16,17)(H2,14,15,18). The molecular formula is C13H24N2O3S. The van der Waals surface area contributed by atoms with Crippen LogP contribution < -0.4 is 10.6 Å². The van der Waals surface area contributed by atoms with Gasteiger partial charge in [0.1, 0.15) is 6.04 Å². The Morgan fingerprint density at radius 1 is 1.37 bits per heavy atom. The first kappa shape index (κ1) is 16.1. The summed E-state index contributed by atoms with van der Waals surface area (Å²) in [6.45, 7) is 5.70. The molecule has 6 heteroatoms. The highest BCUT2D eigenvalue weighted by Crippen LogP contribution is 2.29. The van der Waals surface area contributed by atoms with Gasteiger partial charge in [-0.2, -0.15) is 11.8 Å². The topological polar surface area (TPSA) is 78.4 Å². The van der Waals surface area contributed by atoms with Crippen molar-refractivity contribution < 1.29 is 14.7 Å². The van der Waals surface area contributed by atoms with Gasteiger partial charge in [-0.1, -0.05) is 20.8 Å². The van der Waals surface area contributed by atoms with Crippen molar-refractivity contribution in [2.24, 2.45) is 5.92 Å². The van der Waals surface area contributed by atoms with E-state index in [9.17, 15) is 9.59 Å². The van der Waals surface area contributed by atoms with Crippen molar-refractivity contribution in [2.75, 3.05) is 5.75 Å². The molecule has 0 aliphatic heterocycles. The lowest BCUT2D eigenvalue weighted by Crippen LogP contribution is -2.50. The molecule has 19 heavy (non-hydrogen) atoms. The number of carboxylic acid groups (broad SMARTS) is 1.